The third-order valence-electron chi connectivity index (χ3n) is 3.15. The van der Waals surface area contributed by atoms with E-state index in [0.29, 0.717) is 5.69 Å². The number of nitrogens with two attached hydrogens (primary N) is 1. The molecule has 0 bridgehead atoms. The van der Waals surface area contributed by atoms with E-state index in [0.717, 1.165) is 36.3 Å². The highest BCUT2D eigenvalue weighted by atomic mass is 32.1. The second-order valence-corrected chi connectivity index (χ2v) is 5.20. The highest BCUT2D eigenvalue weighted by Crippen LogP contribution is 2.33. The summed E-state index contributed by atoms with van der Waals surface area (Å²) in [6, 6.07) is 1.80. The van der Waals surface area contributed by atoms with Crippen molar-refractivity contribution in [3.8, 4) is 0 Å². The van der Waals surface area contributed by atoms with Crippen LogP contribution in [0.3, 0.4) is 0 Å². The van der Waals surface area contributed by atoms with Gasteiger partial charge in [-0.05, 0) is 6.07 Å². The Morgan fingerprint density at radius 3 is 2.94 bits per heavy atom. The second-order valence-electron chi connectivity index (χ2n) is 4.29. The van der Waals surface area contributed by atoms with Crippen LogP contribution in [0.15, 0.2) is 17.6 Å². The first-order valence-electron chi connectivity index (χ1n) is 5.88. The zero-order valence-corrected chi connectivity index (χ0v) is 10.7. The van der Waals surface area contributed by atoms with Gasteiger partial charge >= 0.3 is 0 Å². The molecule has 3 heterocycles. The van der Waals surface area contributed by atoms with Gasteiger partial charge in [0.05, 0.1) is 10.4 Å². The molecule has 6 heteroatoms. The Morgan fingerprint density at radius 1 is 1.44 bits per heavy atom. The van der Waals surface area contributed by atoms with Gasteiger partial charge in [-0.2, -0.15) is 0 Å². The lowest BCUT2D eigenvalue weighted by Crippen LogP contribution is -2.43. The van der Waals surface area contributed by atoms with Crippen molar-refractivity contribution in [2.45, 2.75) is 0 Å². The number of carbonyl (C=O) groups excluding carboxylic acids is 1. The van der Waals surface area contributed by atoms with E-state index in [1.165, 1.54) is 5.69 Å². The first kappa shape index (κ1) is 11.4. The number of nitrogens with one attached hydrogen (secondary N) is 1. The van der Waals surface area contributed by atoms with Gasteiger partial charge < -0.3 is 16.0 Å². The van der Waals surface area contributed by atoms with Gasteiger partial charge in [0.25, 0.3) is 5.91 Å². The fourth-order valence-corrected chi connectivity index (χ4v) is 3.12. The zero-order valence-electron chi connectivity index (χ0n) is 9.85. The third kappa shape index (κ3) is 1.93. The van der Waals surface area contributed by atoms with E-state index >= 15 is 0 Å². The van der Waals surface area contributed by atoms with Crippen molar-refractivity contribution in [1.82, 2.24) is 10.3 Å². The van der Waals surface area contributed by atoms with Gasteiger partial charge in [0.15, 0.2) is 0 Å². The first-order valence-corrected chi connectivity index (χ1v) is 6.76. The minimum Gasteiger partial charge on any atom is -0.368 e. The van der Waals surface area contributed by atoms with Gasteiger partial charge in [0, 0.05) is 43.1 Å². The molecule has 1 fully saturated rings. The van der Waals surface area contributed by atoms with E-state index in [9.17, 15) is 4.79 Å². The number of piperazine rings is 1. The molecule has 94 valence electrons. The Hall–Kier alpha value is -1.66. The lowest BCUT2D eigenvalue weighted by Gasteiger charge is -2.28. The van der Waals surface area contributed by atoms with Gasteiger partial charge in [-0.25, -0.2) is 4.98 Å². The first-order chi connectivity index (χ1) is 8.75. The van der Waals surface area contributed by atoms with Crippen molar-refractivity contribution in [3.63, 3.8) is 0 Å². The van der Waals surface area contributed by atoms with Crippen LogP contribution >= 0.6 is 11.3 Å². The predicted octanol–water partition coefficient (Wildman–Crippen LogP) is 0.805. The number of amides is 1. The highest BCUT2D eigenvalue weighted by molar-refractivity contribution is 7.17. The molecule has 3 rings (SSSR count). The van der Waals surface area contributed by atoms with E-state index in [4.69, 9.17) is 5.73 Å². The minimum absolute atomic E-state index is 0.331. The molecular weight excluding hydrogens is 248 g/mol. The maximum Gasteiger partial charge on any atom is 0.267 e. The predicted molar refractivity (Wildman–Crippen MR) is 73.2 cm³/mol. The zero-order chi connectivity index (χ0) is 12.5. The van der Waals surface area contributed by atoms with E-state index in [2.05, 4.69) is 20.6 Å². The number of carbonyl (C=O) groups is 1. The van der Waals surface area contributed by atoms with Crippen molar-refractivity contribution in [2.75, 3.05) is 31.1 Å². The average Bonchev–Trinajstić information content (AvgIpc) is 2.82. The molecule has 0 unspecified atom stereocenters. The topological polar surface area (TPSA) is 71.2 Å². The number of anilines is 1. The summed E-state index contributed by atoms with van der Waals surface area (Å²) in [5.41, 5.74) is 6.79. The molecule has 3 N–H and O–H groups in total. The Kier molecular flexibility index (Phi) is 2.89. The van der Waals surface area contributed by atoms with Crippen LogP contribution in [-0.4, -0.2) is 37.1 Å². The number of rotatable bonds is 2. The molecule has 0 radical (unpaired) electrons. The molecule has 0 atom stereocenters. The molecule has 1 aliphatic rings. The van der Waals surface area contributed by atoms with Crippen LogP contribution in [0.4, 0.5) is 5.69 Å². The summed E-state index contributed by atoms with van der Waals surface area (Å²) >= 11 is 1.65. The highest BCUT2D eigenvalue weighted by Gasteiger charge is 2.16. The molecule has 2 aromatic heterocycles. The molecule has 18 heavy (non-hydrogen) atoms. The van der Waals surface area contributed by atoms with E-state index in [-0.39, 0.29) is 0 Å². The van der Waals surface area contributed by atoms with Crippen LogP contribution in [0.5, 0.6) is 0 Å². The van der Waals surface area contributed by atoms with Crippen molar-refractivity contribution < 1.29 is 4.79 Å². The van der Waals surface area contributed by atoms with Crippen molar-refractivity contribution in [3.05, 3.63) is 23.3 Å². The third-order valence-corrected chi connectivity index (χ3v) is 4.07. The smallest absolute Gasteiger partial charge is 0.267 e. The Morgan fingerprint density at radius 2 is 2.22 bits per heavy atom. The number of pyridine rings is 1. The molecule has 0 saturated carbocycles. The summed E-state index contributed by atoms with van der Waals surface area (Å²) < 4.78 is 1.09. The van der Waals surface area contributed by atoms with Crippen LogP contribution < -0.4 is 16.0 Å². The number of nitrogens with zero attached hydrogens (tertiary/aromatic N) is 2. The van der Waals surface area contributed by atoms with Crippen molar-refractivity contribution in [1.29, 1.82) is 0 Å². The number of hydrogen-bond acceptors (Lipinski definition) is 5. The maximum atomic E-state index is 11.2. The SMILES string of the molecule is NC(=O)c1cc2c(N3CCNCC3)csc2cn1. The fraction of sp³-hybridized carbons (Fsp3) is 0.333. The van der Waals surface area contributed by atoms with Gasteiger partial charge in [0.2, 0.25) is 0 Å². The Labute approximate surface area is 109 Å². The van der Waals surface area contributed by atoms with Crippen molar-refractivity contribution in [2.24, 2.45) is 5.73 Å². The number of thiophene rings is 1. The standard InChI is InChI=1S/C12H14N4OS/c13-12(17)9-5-8-10(7-18-11(8)6-15-9)16-3-1-14-2-4-16/h5-7,14H,1-4H2,(H2,13,17). The Bertz CT molecular complexity index is 589. The molecule has 1 saturated heterocycles. The Balaban J connectivity index is 2.05. The van der Waals surface area contributed by atoms with E-state index in [1.54, 1.807) is 23.6 Å². The molecule has 1 amide bonds. The molecular formula is C12H14N4OS. The lowest BCUT2D eigenvalue weighted by molar-refractivity contribution is 0.0996. The normalized spacial score (nSPS) is 16.1. The summed E-state index contributed by atoms with van der Waals surface area (Å²) in [7, 11) is 0. The number of primary amides is 1. The molecule has 0 spiro atoms. The molecule has 0 aliphatic carbocycles. The van der Waals surface area contributed by atoms with E-state index < -0.39 is 5.91 Å². The van der Waals surface area contributed by atoms with Gasteiger partial charge in [-0.3, -0.25) is 4.79 Å². The molecule has 5 nitrogen and oxygen atoms in total. The van der Waals surface area contributed by atoms with Crippen LogP contribution in [0.25, 0.3) is 10.1 Å². The average molecular weight is 262 g/mol. The van der Waals surface area contributed by atoms with Gasteiger partial charge in [-0.15, -0.1) is 11.3 Å². The largest absolute Gasteiger partial charge is 0.368 e. The number of hydrogen-bond donors (Lipinski definition) is 2. The van der Waals surface area contributed by atoms with Crippen LogP contribution in [0, 0.1) is 0 Å². The quantitative estimate of drug-likeness (QED) is 0.840. The molecule has 1 aliphatic heterocycles. The summed E-state index contributed by atoms with van der Waals surface area (Å²) in [5.74, 6) is -0.477. The summed E-state index contributed by atoms with van der Waals surface area (Å²) in [6.07, 6.45) is 1.73. The van der Waals surface area contributed by atoms with Crippen LogP contribution in [-0.2, 0) is 0 Å². The minimum atomic E-state index is -0.477. The van der Waals surface area contributed by atoms with Crippen LogP contribution in [0.1, 0.15) is 10.5 Å². The van der Waals surface area contributed by atoms with Crippen molar-refractivity contribution >= 4 is 33.0 Å². The fourth-order valence-electron chi connectivity index (χ4n) is 2.21. The molecule has 0 aromatic carbocycles. The number of fused-ring (bicyclic) bond motifs is 1. The van der Waals surface area contributed by atoms with Gasteiger partial charge in [0.1, 0.15) is 5.69 Å². The van der Waals surface area contributed by atoms with E-state index in [1.807, 2.05) is 0 Å². The van der Waals surface area contributed by atoms with Gasteiger partial charge in [-0.1, -0.05) is 0 Å². The lowest BCUT2D eigenvalue weighted by atomic mass is 10.2. The number of aromatic nitrogens is 1. The summed E-state index contributed by atoms with van der Waals surface area (Å²) in [4.78, 5) is 17.6. The second kappa shape index (κ2) is 4.55. The molecule has 2 aromatic rings. The monoisotopic (exact) mass is 262 g/mol. The summed E-state index contributed by atoms with van der Waals surface area (Å²) in [5, 5.41) is 6.53. The summed E-state index contributed by atoms with van der Waals surface area (Å²) in [6.45, 7) is 3.95. The van der Waals surface area contributed by atoms with Crippen LogP contribution in [0.2, 0.25) is 0 Å². The maximum absolute atomic E-state index is 11.2.